The lowest BCUT2D eigenvalue weighted by atomic mass is 10.2. The molecule has 0 fully saturated rings. The van der Waals surface area contributed by atoms with Gasteiger partial charge in [-0.3, -0.25) is 4.79 Å². The standard InChI is InChI=1S/C11H12BrNO6S/c1-19-10(14)4-5-13-20(17,18)7-2-3-9(12)8(6-7)11(15)16/h2-3,6,13H,4-5H2,1H3,(H,15,16). The van der Waals surface area contributed by atoms with Gasteiger partial charge in [0.1, 0.15) is 0 Å². The molecule has 0 spiro atoms. The highest BCUT2D eigenvalue weighted by atomic mass is 79.9. The van der Waals surface area contributed by atoms with Gasteiger partial charge >= 0.3 is 11.9 Å². The minimum atomic E-state index is -3.88. The number of esters is 1. The molecule has 0 saturated carbocycles. The van der Waals surface area contributed by atoms with Crippen molar-refractivity contribution in [2.24, 2.45) is 0 Å². The summed E-state index contributed by atoms with van der Waals surface area (Å²) in [4.78, 5) is 21.6. The Morgan fingerprint density at radius 3 is 2.60 bits per heavy atom. The number of nitrogens with one attached hydrogen (secondary N) is 1. The van der Waals surface area contributed by atoms with E-state index in [9.17, 15) is 18.0 Å². The molecule has 0 heterocycles. The topological polar surface area (TPSA) is 110 Å². The van der Waals surface area contributed by atoms with E-state index in [2.05, 4.69) is 25.4 Å². The number of methoxy groups -OCH3 is 1. The van der Waals surface area contributed by atoms with Crippen LogP contribution in [0.1, 0.15) is 16.8 Å². The summed E-state index contributed by atoms with van der Waals surface area (Å²) in [6.45, 7) is -0.131. The van der Waals surface area contributed by atoms with Crippen LogP contribution in [0.25, 0.3) is 0 Å². The van der Waals surface area contributed by atoms with Crippen molar-refractivity contribution in [3.63, 3.8) is 0 Å². The number of halogens is 1. The molecule has 9 heteroatoms. The molecule has 1 aromatic carbocycles. The molecule has 2 N–H and O–H groups in total. The van der Waals surface area contributed by atoms with Crippen LogP contribution in [0.5, 0.6) is 0 Å². The molecular weight excluding hydrogens is 354 g/mol. The zero-order valence-electron chi connectivity index (χ0n) is 10.4. The van der Waals surface area contributed by atoms with Crippen LogP contribution in [0.4, 0.5) is 0 Å². The number of ether oxygens (including phenoxy) is 1. The molecular formula is C11H12BrNO6S. The van der Waals surface area contributed by atoms with E-state index < -0.39 is 22.0 Å². The lowest BCUT2D eigenvalue weighted by Gasteiger charge is -2.07. The molecule has 7 nitrogen and oxygen atoms in total. The van der Waals surface area contributed by atoms with E-state index in [0.29, 0.717) is 0 Å². The average Bonchev–Trinajstić information content (AvgIpc) is 2.38. The molecule has 0 aliphatic rings. The Kier molecular flexibility index (Phi) is 5.66. The number of sulfonamides is 1. The third-order valence-electron chi connectivity index (χ3n) is 2.33. The van der Waals surface area contributed by atoms with Crippen molar-refractivity contribution >= 4 is 37.9 Å². The molecule has 0 radical (unpaired) electrons. The highest BCUT2D eigenvalue weighted by molar-refractivity contribution is 9.10. The fourth-order valence-corrected chi connectivity index (χ4v) is 2.78. The summed E-state index contributed by atoms with van der Waals surface area (Å²) < 4.78 is 30.7. The molecule has 0 aliphatic carbocycles. The van der Waals surface area contributed by atoms with Crippen molar-refractivity contribution in [2.75, 3.05) is 13.7 Å². The first-order chi connectivity index (χ1) is 9.27. The molecule has 0 bridgehead atoms. The number of carbonyl (C=O) groups excluding carboxylic acids is 1. The van der Waals surface area contributed by atoms with E-state index in [0.717, 1.165) is 6.07 Å². The fourth-order valence-electron chi connectivity index (χ4n) is 1.31. The zero-order chi connectivity index (χ0) is 15.3. The van der Waals surface area contributed by atoms with Crippen LogP contribution in [0, 0.1) is 0 Å². The molecule has 0 unspecified atom stereocenters. The van der Waals surface area contributed by atoms with Gasteiger partial charge < -0.3 is 9.84 Å². The normalized spacial score (nSPS) is 11.1. The second-order valence-electron chi connectivity index (χ2n) is 3.67. The van der Waals surface area contributed by atoms with Gasteiger partial charge in [-0.25, -0.2) is 17.9 Å². The first-order valence-electron chi connectivity index (χ1n) is 5.37. The Hall–Kier alpha value is -1.45. The quantitative estimate of drug-likeness (QED) is 0.727. The molecule has 110 valence electrons. The lowest BCUT2D eigenvalue weighted by Crippen LogP contribution is -2.26. The van der Waals surface area contributed by atoms with E-state index >= 15 is 0 Å². The largest absolute Gasteiger partial charge is 0.478 e. The van der Waals surface area contributed by atoms with Gasteiger partial charge in [-0.05, 0) is 34.1 Å². The Morgan fingerprint density at radius 1 is 1.40 bits per heavy atom. The second kappa shape index (κ2) is 6.82. The van der Waals surface area contributed by atoms with Gasteiger partial charge in [-0.2, -0.15) is 0 Å². The van der Waals surface area contributed by atoms with Gasteiger partial charge in [0.05, 0.1) is 24.0 Å². The van der Waals surface area contributed by atoms with Gasteiger partial charge in [0, 0.05) is 11.0 Å². The number of hydrogen-bond acceptors (Lipinski definition) is 5. The Bertz CT molecular complexity index is 628. The predicted molar refractivity (Wildman–Crippen MR) is 72.9 cm³/mol. The number of carbonyl (C=O) groups is 2. The zero-order valence-corrected chi connectivity index (χ0v) is 12.8. The molecule has 0 atom stereocenters. The van der Waals surface area contributed by atoms with Gasteiger partial charge in [0.25, 0.3) is 0 Å². The Morgan fingerprint density at radius 2 is 2.05 bits per heavy atom. The van der Waals surface area contributed by atoms with E-state index in [4.69, 9.17) is 5.11 Å². The number of hydrogen-bond donors (Lipinski definition) is 2. The summed E-state index contributed by atoms with van der Waals surface area (Å²) in [5.41, 5.74) is -0.166. The number of aromatic carboxylic acids is 1. The molecule has 1 rings (SSSR count). The minimum Gasteiger partial charge on any atom is -0.478 e. The highest BCUT2D eigenvalue weighted by Crippen LogP contribution is 2.21. The fraction of sp³-hybridized carbons (Fsp3) is 0.273. The predicted octanol–water partition coefficient (Wildman–Crippen LogP) is 0.989. The van der Waals surface area contributed by atoms with E-state index in [1.807, 2.05) is 0 Å². The first-order valence-corrected chi connectivity index (χ1v) is 7.65. The maximum atomic E-state index is 11.9. The molecule has 0 aliphatic heterocycles. The molecule has 20 heavy (non-hydrogen) atoms. The summed E-state index contributed by atoms with van der Waals surface area (Å²) in [5, 5.41) is 8.93. The van der Waals surface area contributed by atoms with Crippen LogP contribution in [-0.2, 0) is 19.6 Å². The van der Waals surface area contributed by atoms with Gasteiger partial charge in [-0.1, -0.05) is 0 Å². The third kappa shape index (κ3) is 4.29. The van der Waals surface area contributed by atoms with E-state index in [-0.39, 0.29) is 27.9 Å². The van der Waals surface area contributed by atoms with E-state index in [1.54, 1.807) is 0 Å². The van der Waals surface area contributed by atoms with Crippen molar-refractivity contribution in [2.45, 2.75) is 11.3 Å². The highest BCUT2D eigenvalue weighted by Gasteiger charge is 2.18. The van der Waals surface area contributed by atoms with Gasteiger partial charge in [0.15, 0.2) is 0 Å². The van der Waals surface area contributed by atoms with Crippen molar-refractivity contribution in [3.8, 4) is 0 Å². The molecule has 0 aromatic heterocycles. The average molecular weight is 366 g/mol. The Balaban J connectivity index is 2.90. The van der Waals surface area contributed by atoms with Crippen LogP contribution < -0.4 is 4.72 Å². The SMILES string of the molecule is COC(=O)CCNS(=O)(=O)c1ccc(Br)c(C(=O)O)c1. The van der Waals surface area contributed by atoms with E-state index in [1.165, 1.54) is 19.2 Å². The Labute approximate surface area is 124 Å². The van der Waals surface area contributed by atoms with Crippen molar-refractivity contribution in [1.29, 1.82) is 0 Å². The van der Waals surface area contributed by atoms with Crippen LogP contribution in [-0.4, -0.2) is 39.1 Å². The molecule has 0 amide bonds. The van der Waals surface area contributed by atoms with Crippen molar-refractivity contribution in [1.82, 2.24) is 4.72 Å². The minimum absolute atomic E-state index is 0.113. The van der Waals surface area contributed by atoms with Crippen LogP contribution >= 0.6 is 15.9 Å². The summed E-state index contributed by atoms with van der Waals surface area (Å²) in [6.07, 6.45) is -0.113. The number of rotatable bonds is 6. The van der Waals surface area contributed by atoms with Crippen molar-refractivity contribution in [3.05, 3.63) is 28.2 Å². The van der Waals surface area contributed by atoms with Gasteiger partial charge in [-0.15, -0.1) is 0 Å². The second-order valence-corrected chi connectivity index (χ2v) is 6.29. The summed E-state index contributed by atoms with van der Waals surface area (Å²) in [5.74, 6) is -1.79. The smallest absolute Gasteiger partial charge is 0.336 e. The summed E-state index contributed by atoms with van der Waals surface area (Å²) in [7, 11) is -2.68. The maximum Gasteiger partial charge on any atom is 0.336 e. The summed E-state index contributed by atoms with van der Waals surface area (Å²) in [6, 6.07) is 3.63. The van der Waals surface area contributed by atoms with Crippen LogP contribution in [0.2, 0.25) is 0 Å². The van der Waals surface area contributed by atoms with Crippen molar-refractivity contribution < 1.29 is 27.9 Å². The third-order valence-corrected chi connectivity index (χ3v) is 4.48. The van der Waals surface area contributed by atoms with Gasteiger partial charge in [0.2, 0.25) is 10.0 Å². The van der Waals surface area contributed by atoms with Crippen LogP contribution in [0.15, 0.2) is 27.6 Å². The monoisotopic (exact) mass is 365 g/mol. The van der Waals surface area contributed by atoms with Crippen LogP contribution in [0.3, 0.4) is 0 Å². The number of carboxylic acid groups (broad SMARTS) is 1. The first kappa shape index (κ1) is 16.6. The molecule has 0 saturated heterocycles. The number of benzene rings is 1. The summed E-state index contributed by atoms with van der Waals surface area (Å²) >= 11 is 3.02. The number of carboxylic acids is 1. The maximum absolute atomic E-state index is 11.9. The molecule has 1 aromatic rings. The lowest BCUT2D eigenvalue weighted by molar-refractivity contribution is -0.140.